The van der Waals surface area contributed by atoms with Crippen molar-refractivity contribution in [1.82, 2.24) is 0 Å². The molecule has 1 saturated carbocycles. The maximum Gasteiger partial charge on any atom is 0.323 e. The Morgan fingerprint density at radius 1 is 1.38 bits per heavy atom. The molecule has 3 heteroatoms. The summed E-state index contributed by atoms with van der Waals surface area (Å²) < 4.78 is 5.46. The van der Waals surface area contributed by atoms with E-state index in [0.29, 0.717) is 5.92 Å². The first-order valence-electron chi connectivity index (χ1n) is 6.50. The van der Waals surface area contributed by atoms with Crippen LogP contribution in [-0.4, -0.2) is 18.1 Å². The van der Waals surface area contributed by atoms with E-state index in [1.165, 1.54) is 0 Å². The molecule has 1 rings (SSSR count). The van der Waals surface area contributed by atoms with Gasteiger partial charge in [0.25, 0.3) is 0 Å². The van der Waals surface area contributed by atoms with Crippen LogP contribution in [-0.2, 0) is 9.53 Å². The molecule has 0 radical (unpaired) electrons. The van der Waals surface area contributed by atoms with Crippen molar-refractivity contribution >= 4 is 5.97 Å². The highest BCUT2D eigenvalue weighted by Crippen LogP contribution is 2.31. The maximum absolute atomic E-state index is 11.6. The topological polar surface area (TPSA) is 52.3 Å². The Morgan fingerprint density at radius 3 is 2.62 bits per heavy atom. The second kappa shape index (κ2) is 6.24. The summed E-state index contributed by atoms with van der Waals surface area (Å²) in [5, 5.41) is 0. The summed E-state index contributed by atoms with van der Waals surface area (Å²) in [7, 11) is 0. The zero-order valence-electron chi connectivity index (χ0n) is 10.7. The maximum atomic E-state index is 11.6. The van der Waals surface area contributed by atoms with Gasteiger partial charge in [0.1, 0.15) is 12.1 Å². The van der Waals surface area contributed by atoms with Gasteiger partial charge in [0, 0.05) is 0 Å². The first kappa shape index (κ1) is 13.5. The minimum atomic E-state index is -0.431. The third-order valence-electron chi connectivity index (χ3n) is 3.74. The van der Waals surface area contributed by atoms with Crippen LogP contribution in [0.15, 0.2) is 0 Å². The normalized spacial score (nSPS) is 32.1. The molecule has 1 fully saturated rings. The average molecular weight is 227 g/mol. The minimum Gasteiger partial charge on any atom is -0.461 e. The number of carbonyl (C=O) groups is 1. The zero-order valence-corrected chi connectivity index (χ0v) is 10.7. The standard InChI is InChI=1S/C13H25NO2/c1-4-5-12(14)13(15)16-11-7-6-9(2)10(3)8-11/h9-12H,4-8,14H2,1-3H3. The summed E-state index contributed by atoms with van der Waals surface area (Å²) in [6.07, 6.45) is 4.89. The van der Waals surface area contributed by atoms with Crippen LogP contribution >= 0.6 is 0 Å². The molecule has 1 aliphatic carbocycles. The van der Waals surface area contributed by atoms with Crippen molar-refractivity contribution < 1.29 is 9.53 Å². The zero-order chi connectivity index (χ0) is 12.1. The Kier molecular flexibility index (Phi) is 5.26. The van der Waals surface area contributed by atoms with Crippen molar-refractivity contribution in [1.29, 1.82) is 0 Å². The third-order valence-corrected chi connectivity index (χ3v) is 3.74. The monoisotopic (exact) mass is 227 g/mol. The molecular formula is C13H25NO2. The van der Waals surface area contributed by atoms with Crippen LogP contribution in [0.4, 0.5) is 0 Å². The Labute approximate surface area is 98.7 Å². The number of carbonyl (C=O) groups excluding carboxylic acids is 1. The lowest BCUT2D eigenvalue weighted by Gasteiger charge is -2.32. The van der Waals surface area contributed by atoms with Crippen LogP contribution in [0.1, 0.15) is 52.9 Å². The minimum absolute atomic E-state index is 0.0987. The SMILES string of the molecule is CCCC(N)C(=O)OC1CCC(C)C(C)C1. The van der Waals surface area contributed by atoms with Gasteiger partial charge in [0.05, 0.1) is 0 Å². The smallest absolute Gasteiger partial charge is 0.323 e. The molecule has 0 saturated heterocycles. The molecule has 0 aliphatic heterocycles. The Balaban J connectivity index is 2.34. The van der Waals surface area contributed by atoms with E-state index in [4.69, 9.17) is 10.5 Å². The molecule has 0 aromatic rings. The Bertz CT molecular complexity index is 230. The van der Waals surface area contributed by atoms with Gasteiger partial charge in [0.15, 0.2) is 0 Å². The molecule has 1 aliphatic rings. The number of ether oxygens (including phenoxy) is 1. The van der Waals surface area contributed by atoms with Gasteiger partial charge >= 0.3 is 5.97 Å². The van der Waals surface area contributed by atoms with Crippen molar-refractivity contribution in [2.24, 2.45) is 17.6 Å². The van der Waals surface area contributed by atoms with E-state index in [2.05, 4.69) is 13.8 Å². The first-order chi connectivity index (χ1) is 7.54. The van der Waals surface area contributed by atoms with Crippen molar-refractivity contribution in [3.05, 3.63) is 0 Å². The number of rotatable bonds is 4. The highest BCUT2D eigenvalue weighted by molar-refractivity contribution is 5.75. The predicted octanol–water partition coefficient (Wildman–Crippen LogP) is 2.48. The molecule has 3 nitrogen and oxygen atoms in total. The average Bonchev–Trinajstić information content (AvgIpc) is 2.24. The summed E-state index contributed by atoms with van der Waals surface area (Å²) >= 11 is 0. The van der Waals surface area contributed by atoms with Gasteiger partial charge in [0.2, 0.25) is 0 Å². The summed E-state index contributed by atoms with van der Waals surface area (Å²) in [4.78, 5) is 11.6. The van der Waals surface area contributed by atoms with Crippen molar-refractivity contribution in [2.75, 3.05) is 0 Å². The predicted molar refractivity (Wildman–Crippen MR) is 64.9 cm³/mol. The molecular weight excluding hydrogens is 202 g/mol. The van der Waals surface area contributed by atoms with Gasteiger partial charge in [-0.15, -0.1) is 0 Å². The highest BCUT2D eigenvalue weighted by atomic mass is 16.5. The van der Waals surface area contributed by atoms with Gasteiger partial charge in [-0.05, 0) is 37.5 Å². The highest BCUT2D eigenvalue weighted by Gasteiger charge is 2.28. The molecule has 16 heavy (non-hydrogen) atoms. The fraction of sp³-hybridized carbons (Fsp3) is 0.923. The van der Waals surface area contributed by atoms with E-state index in [0.717, 1.165) is 38.0 Å². The lowest BCUT2D eigenvalue weighted by molar-refractivity contribution is -0.153. The fourth-order valence-corrected chi connectivity index (χ4v) is 2.29. The third kappa shape index (κ3) is 3.78. The van der Waals surface area contributed by atoms with Gasteiger partial charge in [-0.1, -0.05) is 27.2 Å². The van der Waals surface area contributed by atoms with E-state index in [1.807, 2.05) is 6.92 Å². The number of hydrogen-bond acceptors (Lipinski definition) is 3. The number of esters is 1. The van der Waals surface area contributed by atoms with Crippen molar-refractivity contribution in [3.63, 3.8) is 0 Å². The largest absolute Gasteiger partial charge is 0.461 e. The summed E-state index contributed by atoms with van der Waals surface area (Å²) in [6, 6.07) is -0.431. The molecule has 0 heterocycles. The van der Waals surface area contributed by atoms with Gasteiger partial charge in [-0.25, -0.2) is 0 Å². The van der Waals surface area contributed by atoms with Gasteiger partial charge < -0.3 is 10.5 Å². The van der Waals surface area contributed by atoms with E-state index in [-0.39, 0.29) is 12.1 Å². The van der Waals surface area contributed by atoms with Crippen LogP contribution in [0.25, 0.3) is 0 Å². The summed E-state index contributed by atoms with van der Waals surface area (Å²) in [5.41, 5.74) is 5.73. The van der Waals surface area contributed by atoms with Crippen molar-refractivity contribution in [3.8, 4) is 0 Å². The Hall–Kier alpha value is -0.570. The van der Waals surface area contributed by atoms with Crippen LogP contribution in [0.5, 0.6) is 0 Å². The van der Waals surface area contributed by atoms with Crippen LogP contribution < -0.4 is 5.73 Å². The van der Waals surface area contributed by atoms with Crippen LogP contribution in [0, 0.1) is 11.8 Å². The number of hydrogen-bond donors (Lipinski definition) is 1. The van der Waals surface area contributed by atoms with E-state index in [1.54, 1.807) is 0 Å². The lowest BCUT2D eigenvalue weighted by atomic mass is 9.80. The van der Waals surface area contributed by atoms with Gasteiger partial charge in [-0.2, -0.15) is 0 Å². The van der Waals surface area contributed by atoms with Crippen molar-refractivity contribution in [2.45, 2.75) is 65.0 Å². The molecule has 0 aromatic heterocycles. The van der Waals surface area contributed by atoms with E-state index >= 15 is 0 Å². The lowest BCUT2D eigenvalue weighted by Crippen LogP contribution is -2.37. The van der Waals surface area contributed by atoms with E-state index in [9.17, 15) is 4.79 Å². The number of nitrogens with two attached hydrogens (primary N) is 1. The van der Waals surface area contributed by atoms with Gasteiger partial charge in [-0.3, -0.25) is 4.79 Å². The fourth-order valence-electron chi connectivity index (χ4n) is 2.29. The molecule has 0 spiro atoms. The molecule has 2 N–H and O–H groups in total. The molecule has 94 valence electrons. The molecule has 0 aromatic carbocycles. The van der Waals surface area contributed by atoms with E-state index < -0.39 is 6.04 Å². The quantitative estimate of drug-likeness (QED) is 0.751. The van der Waals surface area contributed by atoms with Crippen LogP contribution in [0.2, 0.25) is 0 Å². The first-order valence-corrected chi connectivity index (χ1v) is 6.50. The summed E-state index contributed by atoms with van der Waals surface area (Å²) in [5.74, 6) is 1.18. The molecule has 4 unspecified atom stereocenters. The molecule has 0 bridgehead atoms. The van der Waals surface area contributed by atoms with Crippen LogP contribution in [0.3, 0.4) is 0 Å². The molecule has 0 amide bonds. The second-order valence-electron chi connectivity index (χ2n) is 5.22. The second-order valence-corrected chi connectivity index (χ2v) is 5.22. The Morgan fingerprint density at radius 2 is 2.06 bits per heavy atom. The molecule has 4 atom stereocenters. The summed E-state index contributed by atoms with van der Waals surface area (Å²) in [6.45, 7) is 6.53.